The average Bonchev–Trinajstić information content (AvgIpc) is 2.40. The van der Waals surface area contributed by atoms with Crippen molar-refractivity contribution in [2.75, 3.05) is 5.43 Å². The normalized spacial score (nSPS) is 10.2. The van der Waals surface area contributed by atoms with E-state index in [-0.39, 0.29) is 0 Å². The number of hydrazine groups is 1. The number of pyridine rings is 1. The number of aromatic nitrogens is 1. The second kappa shape index (κ2) is 5.71. The third-order valence-corrected chi connectivity index (χ3v) is 2.77. The van der Waals surface area contributed by atoms with Crippen LogP contribution in [0, 0.1) is 6.92 Å². The number of rotatable bonds is 4. The van der Waals surface area contributed by atoms with Crippen LogP contribution in [0.3, 0.4) is 0 Å². The molecule has 0 bridgehead atoms. The van der Waals surface area contributed by atoms with Gasteiger partial charge in [-0.3, -0.25) is 0 Å². The molecule has 0 aliphatic heterocycles. The first-order chi connectivity index (χ1) is 8.69. The SMILES string of the molecule is Cc1ccc(Cl)c(OCc2ccnc(NN)c2)c1. The number of ether oxygens (including phenoxy) is 1. The Kier molecular flexibility index (Phi) is 4.02. The highest BCUT2D eigenvalue weighted by atomic mass is 35.5. The number of halogens is 1. The number of nitrogens with zero attached hydrogens (tertiary/aromatic N) is 1. The highest BCUT2D eigenvalue weighted by Crippen LogP contribution is 2.26. The van der Waals surface area contributed by atoms with Crippen LogP contribution in [0.2, 0.25) is 5.02 Å². The van der Waals surface area contributed by atoms with Gasteiger partial charge >= 0.3 is 0 Å². The molecular weight excluding hydrogens is 250 g/mol. The Bertz CT molecular complexity index is 546. The molecule has 0 radical (unpaired) electrons. The molecule has 1 aromatic carbocycles. The highest BCUT2D eigenvalue weighted by Gasteiger charge is 2.03. The van der Waals surface area contributed by atoms with Crippen molar-refractivity contribution in [3.8, 4) is 5.75 Å². The molecule has 0 amide bonds. The molecule has 0 aliphatic rings. The lowest BCUT2D eigenvalue weighted by Crippen LogP contribution is -2.09. The number of nitrogens with two attached hydrogens (primary N) is 1. The molecule has 0 fully saturated rings. The van der Waals surface area contributed by atoms with Gasteiger partial charge in [-0.15, -0.1) is 0 Å². The first kappa shape index (κ1) is 12.7. The Labute approximate surface area is 111 Å². The number of hydrogen-bond donors (Lipinski definition) is 2. The average molecular weight is 264 g/mol. The topological polar surface area (TPSA) is 60.2 Å². The van der Waals surface area contributed by atoms with Gasteiger partial charge in [0.25, 0.3) is 0 Å². The van der Waals surface area contributed by atoms with E-state index in [1.54, 1.807) is 6.20 Å². The maximum atomic E-state index is 6.05. The smallest absolute Gasteiger partial charge is 0.140 e. The van der Waals surface area contributed by atoms with Crippen molar-refractivity contribution in [2.45, 2.75) is 13.5 Å². The van der Waals surface area contributed by atoms with E-state index >= 15 is 0 Å². The van der Waals surface area contributed by atoms with E-state index in [1.165, 1.54) is 0 Å². The predicted octanol–water partition coefficient (Wildman–Crippen LogP) is 2.91. The molecule has 3 N–H and O–H groups in total. The summed E-state index contributed by atoms with van der Waals surface area (Å²) in [5, 5.41) is 0.604. The van der Waals surface area contributed by atoms with E-state index in [1.807, 2.05) is 37.3 Å². The Morgan fingerprint density at radius 2 is 2.17 bits per heavy atom. The summed E-state index contributed by atoms with van der Waals surface area (Å²) in [6.07, 6.45) is 1.67. The van der Waals surface area contributed by atoms with Gasteiger partial charge in [-0.2, -0.15) is 0 Å². The van der Waals surface area contributed by atoms with E-state index in [2.05, 4.69) is 10.4 Å². The van der Waals surface area contributed by atoms with Gasteiger partial charge in [0.15, 0.2) is 0 Å². The molecule has 4 nitrogen and oxygen atoms in total. The van der Waals surface area contributed by atoms with Crippen LogP contribution in [0.4, 0.5) is 5.82 Å². The number of nitrogens with one attached hydrogen (secondary N) is 1. The van der Waals surface area contributed by atoms with Crippen molar-refractivity contribution in [1.82, 2.24) is 4.98 Å². The Morgan fingerprint density at radius 3 is 2.94 bits per heavy atom. The molecule has 94 valence electrons. The van der Waals surface area contributed by atoms with Gasteiger partial charge in [0.1, 0.15) is 18.2 Å². The molecule has 0 atom stereocenters. The summed E-state index contributed by atoms with van der Waals surface area (Å²) in [4.78, 5) is 4.03. The van der Waals surface area contributed by atoms with Gasteiger partial charge in [0, 0.05) is 6.20 Å². The molecule has 2 rings (SSSR count). The van der Waals surface area contributed by atoms with Crippen molar-refractivity contribution in [3.63, 3.8) is 0 Å². The van der Waals surface area contributed by atoms with Crippen LogP contribution in [-0.2, 0) is 6.61 Å². The van der Waals surface area contributed by atoms with Gasteiger partial charge < -0.3 is 10.2 Å². The first-order valence-corrected chi connectivity index (χ1v) is 5.87. The van der Waals surface area contributed by atoms with E-state index in [4.69, 9.17) is 22.2 Å². The summed E-state index contributed by atoms with van der Waals surface area (Å²) >= 11 is 6.05. The van der Waals surface area contributed by atoms with Gasteiger partial charge in [-0.25, -0.2) is 10.8 Å². The van der Waals surface area contributed by atoms with E-state index in [9.17, 15) is 0 Å². The van der Waals surface area contributed by atoms with E-state index in [0.717, 1.165) is 11.1 Å². The van der Waals surface area contributed by atoms with Gasteiger partial charge in [0.2, 0.25) is 0 Å². The van der Waals surface area contributed by atoms with Crippen LogP contribution < -0.4 is 16.0 Å². The zero-order valence-electron chi connectivity index (χ0n) is 9.98. The molecule has 18 heavy (non-hydrogen) atoms. The largest absolute Gasteiger partial charge is 0.487 e. The second-order valence-electron chi connectivity index (χ2n) is 3.92. The van der Waals surface area contributed by atoms with Crippen LogP contribution in [-0.4, -0.2) is 4.98 Å². The predicted molar refractivity (Wildman–Crippen MR) is 72.6 cm³/mol. The lowest BCUT2D eigenvalue weighted by molar-refractivity contribution is 0.306. The fourth-order valence-electron chi connectivity index (χ4n) is 1.53. The zero-order valence-corrected chi connectivity index (χ0v) is 10.7. The second-order valence-corrected chi connectivity index (χ2v) is 4.32. The van der Waals surface area contributed by atoms with Gasteiger partial charge in [-0.05, 0) is 42.3 Å². The van der Waals surface area contributed by atoms with E-state index in [0.29, 0.717) is 23.2 Å². The molecule has 5 heteroatoms. The molecule has 2 aromatic rings. The summed E-state index contributed by atoms with van der Waals surface area (Å²) in [5.41, 5.74) is 4.57. The molecule has 0 spiro atoms. The van der Waals surface area contributed by atoms with Gasteiger partial charge in [0.05, 0.1) is 5.02 Å². The standard InChI is InChI=1S/C13H14ClN3O/c1-9-2-3-11(14)12(6-9)18-8-10-4-5-16-13(7-10)17-15/h2-7H,8,15H2,1H3,(H,16,17). The molecule has 0 aliphatic carbocycles. The number of benzene rings is 1. The summed E-state index contributed by atoms with van der Waals surface area (Å²) < 4.78 is 5.67. The fourth-order valence-corrected chi connectivity index (χ4v) is 1.70. The number of hydrogen-bond acceptors (Lipinski definition) is 4. The highest BCUT2D eigenvalue weighted by molar-refractivity contribution is 6.32. The molecular formula is C13H14ClN3O. The quantitative estimate of drug-likeness (QED) is 0.658. The molecule has 1 heterocycles. The van der Waals surface area contributed by atoms with Crippen molar-refractivity contribution >= 4 is 17.4 Å². The Balaban J connectivity index is 2.08. The van der Waals surface area contributed by atoms with Crippen LogP contribution in [0.15, 0.2) is 36.5 Å². The Hall–Kier alpha value is -1.78. The number of anilines is 1. The molecule has 0 saturated carbocycles. The summed E-state index contributed by atoms with van der Waals surface area (Å²) in [5.74, 6) is 6.58. The minimum Gasteiger partial charge on any atom is -0.487 e. The molecule has 1 aromatic heterocycles. The summed E-state index contributed by atoms with van der Waals surface area (Å²) in [6, 6.07) is 9.36. The molecule has 0 saturated heterocycles. The van der Waals surface area contributed by atoms with Gasteiger partial charge in [-0.1, -0.05) is 17.7 Å². The summed E-state index contributed by atoms with van der Waals surface area (Å²) in [6.45, 7) is 2.41. The number of aryl methyl sites for hydroxylation is 1. The lowest BCUT2D eigenvalue weighted by Gasteiger charge is -2.09. The monoisotopic (exact) mass is 263 g/mol. The minimum atomic E-state index is 0.417. The molecule has 0 unspecified atom stereocenters. The third kappa shape index (κ3) is 3.12. The summed E-state index contributed by atoms with van der Waals surface area (Å²) in [7, 11) is 0. The maximum Gasteiger partial charge on any atom is 0.140 e. The van der Waals surface area contributed by atoms with Crippen LogP contribution >= 0.6 is 11.6 Å². The van der Waals surface area contributed by atoms with Crippen LogP contribution in [0.25, 0.3) is 0 Å². The van der Waals surface area contributed by atoms with Crippen molar-refractivity contribution in [3.05, 3.63) is 52.7 Å². The van der Waals surface area contributed by atoms with Crippen LogP contribution in [0.1, 0.15) is 11.1 Å². The minimum absolute atomic E-state index is 0.417. The van der Waals surface area contributed by atoms with Crippen molar-refractivity contribution in [2.24, 2.45) is 5.84 Å². The lowest BCUT2D eigenvalue weighted by atomic mass is 10.2. The fraction of sp³-hybridized carbons (Fsp3) is 0.154. The van der Waals surface area contributed by atoms with Crippen molar-refractivity contribution < 1.29 is 4.74 Å². The van der Waals surface area contributed by atoms with E-state index < -0.39 is 0 Å². The third-order valence-electron chi connectivity index (χ3n) is 2.45. The maximum absolute atomic E-state index is 6.05. The Morgan fingerprint density at radius 1 is 1.33 bits per heavy atom. The first-order valence-electron chi connectivity index (χ1n) is 5.49. The number of nitrogen functional groups attached to an aromatic ring is 1. The van der Waals surface area contributed by atoms with Crippen LogP contribution in [0.5, 0.6) is 5.75 Å². The van der Waals surface area contributed by atoms with Crippen molar-refractivity contribution in [1.29, 1.82) is 0 Å². The zero-order chi connectivity index (χ0) is 13.0.